The van der Waals surface area contributed by atoms with Crippen molar-refractivity contribution in [2.24, 2.45) is 5.92 Å². The van der Waals surface area contributed by atoms with E-state index in [1.54, 1.807) is 30.6 Å². The molecule has 29 heavy (non-hydrogen) atoms. The number of carbonyl (C=O) groups is 3. The van der Waals surface area contributed by atoms with Crippen molar-refractivity contribution in [2.45, 2.75) is 26.7 Å². The lowest BCUT2D eigenvalue weighted by Crippen LogP contribution is -2.43. The molecule has 7 nitrogen and oxygen atoms in total. The summed E-state index contributed by atoms with van der Waals surface area (Å²) in [4.78, 5) is 42.5. The zero-order valence-electron chi connectivity index (χ0n) is 16.8. The molecule has 0 spiro atoms. The summed E-state index contributed by atoms with van der Waals surface area (Å²) in [6.45, 7) is 5.54. The minimum absolute atomic E-state index is 0.0200. The van der Waals surface area contributed by atoms with Crippen LogP contribution in [0.5, 0.6) is 0 Å². The number of amides is 3. The third kappa shape index (κ3) is 5.40. The number of aryl methyl sites for hydroxylation is 2. The Hall–Kier alpha value is -3.22. The van der Waals surface area contributed by atoms with Crippen LogP contribution in [0.4, 0.5) is 5.69 Å². The number of aromatic nitrogens is 1. The summed E-state index contributed by atoms with van der Waals surface area (Å²) < 4.78 is 0. The Morgan fingerprint density at radius 3 is 2.52 bits per heavy atom. The fourth-order valence-electron chi connectivity index (χ4n) is 3.46. The molecule has 3 rings (SSSR count). The predicted molar refractivity (Wildman–Crippen MR) is 110 cm³/mol. The van der Waals surface area contributed by atoms with Crippen molar-refractivity contribution in [1.82, 2.24) is 15.2 Å². The SMILES string of the molecule is Cc1ccc(NC(=O)C(=O)NCC2CCN(C(=O)c3cccnc3)CC2)c(C)c1. The summed E-state index contributed by atoms with van der Waals surface area (Å²) in [5, 5.41) is 5.37. The monoisotopic (exact) mass is 394 g/mol. The van der Waals surface area contributed by atoms with Crippen molar-refractivity contribution in [3.05, 3.63) is 59.4 Å². The van der Waals surface area contributed by atoms with Gasteiger partial charge in [-0.05, 0) is 56.4 Å². The first-order valence-corrected chi connectivity index (χ1v) is 9.80. The van der Waals surface area contributed by atoms with E-state index >= 15 is 0 Å². The second-order valence-corrected chi connectivity index (χ2v) is 7.46. The van der Waals surface area contributed by atoms with Gasteiger partial charge in [0.1, 0.15) is 0 Å². The van der Waals surface area contributed by atoms with E-state index in [2.05, 4.69) is 15.6 Å². The predicted octanol–water partition coefficient (Wildman–Crippen LogP) is 2.31. The summed E-state index contributed by atoms with van der Waals surface area (Å²) in [5.41, 5.74) is 3.23. The summed E-state index contributed by atoms with van der Waals surface area (Å²) in [5.74, 6) is -1.08. The highest BCUT2D eigenvalue weighted by atomic mass is 16.2. The lowest BCUT2D eigenvalue weighted by atomic mass is 9.96. The normalized spacial score (nSPS) is 14.3. The van der Waals surface area contributed by atoms with Crippen molar-refractivity contribution >= 4 is 23.4 Å². The molecule has 0 atom stereocenters. The van der Waals surface area contributed by atoms with Gasteiger partial charge in [0.2, 0.25) is 0 Å². The molecular formula is C22H26N4O3. The van der Waals surface area contributed by atoms with Gasteiger partial charge in [-0.25, -0.2) is 0 Å². The molecule has 152 valence electrons. The van der Waals surface area contributed by atoms with E-state index in [0.29, 0.717) is 30.9 Å². The molecule has 1 aromatic heterocycles. The zero-order valence-corrected chi connectivity index (χ0v) is 16.8. The van der Waals surface area contributed by atoms with Crippen molar-refractivity contribution in [2.75, 3.05) is 25.0 Å². The fourth-order valence-corrected chi connectivity index (χ4v) is 3.46. The third-order valence-corrected chi connectivity index (χ3v) is 5.20. The molecule has 1 fully saturated rings. The van der Waals surface area contributed by atoms with Gasteiger partial charge in [-0.2, -0.15) is 0 Å². The number of nitrogens with one attached hydrogen (secondary N) is 2. The van der Waals surface area contributed by atoms with Crippen LogP contribution in [0.2, 0.25) is 0 Å². The van der Waals surface area contributed by atoms with Gasteiger partial charge in [0.25, 0.3) is 5.91 Å². The Kier molecular flexibility index (Phi) is 6.59. The van der Waals surface area contributed by atoms with Gasteiger partial charge in [-0.3, -0.25) is 19.4 Å². The molecule has 1 aliphatic heterocycles. The van der Waals surface area contributed by atoms with Crippen molar-refractivity contribution in [3.8, 4) is 0 Å². The first-order valence-electron chi connectivity index (χ1n) is 9.80. The molecule has 0 radical (unpaired) electrons. The molecule has 0 unspecified atom stereocenters. The number of hydrogen-bond donors (Lipinski definition) is 2. The summed E-state index contributed by atoms with van der Waals surface area (Å²) in [6.07, 6.45) is 4.78. The smallest absolute Gasteiger partial charge is 0.313 e. The Morgan fingerprint density at radius 1 is 1.10 bits per heavy atom. The molecule has 1 aromatic carbocycles. The quantitative estimate of drug-likeness (QED) is 0.779. The summed E-state index contributed by atoms with van der Waals surface area (Å²) in [6, 6.07) is 9.15. The van der Waals surface area contributed by atoms with Crippen LogP contribution in [-0.2, 0) is 9.59 Å². The molecule has 2 heterocycles. The molecule has 1 aliphatic rings. The highest BCUT2D eigenvalue weighted by molar-refractivity contribution is 6.39. The zero-order chi connectivity index (χ0) is 20.8. The minimum atomic E-state index is -0.666. The summed E-state index contributed by atoms with van der Waals surface area (Å²) in [7, 11) is 0. The third-order valence-electron chi connectivity index (χ3n) is 5.20. The molecule has 0 aliphatic carbocycles. The lowest BCUT2D eigenvalue weighted by Gasteiger charge is -2.32. The van der Waals surface area contributed by atoms with E-state index < -0.39 is 11.8 Å². The van der Waals surface area contributed by atoms with Crippen molar-refractivity contribution in [3.63, 3.8) is 0 Å². The van der Waals surface area contributed by atoms with Crippen LogP contribution in [0, 0.1) is 19.8 Å². The molecule has 3 amide bonds. The summed E-state index contributed by atoms with van der Waals surface area (Å²) >= 11 is 0. The molecule has 2 aromatic rings. The Balaban J connectivity index is 1.43. The lowest BCUT2D eigenvalue weighted by molar-refractivity contribution is -0.136. The highest BCUT2D eigenvalue weighted by Crippen LogP contribution is 2.19. The maximum atomic E-state index is 12.4. The number of pyridine rings is 1. The number of likely N-dealkylation sites (tertiary alicyclic amines) is 1. The number of hydrogen-bond acceptors (Lipinski definition) is 4. The van der Waals surface area contributed by atoms with Gasteiger partial charge in [0, 0.05) is 37.7 Å². The van der Waals surface area contributed by atoms with Gasteiger partial charge in [0.15, 0.2) is 0 Å². The molecule has 2 N–H and O–H groups in total. The average Bonchev–Trinajstić information content (AvgIpc) is 2.74. The van der Waals surface area contributed by atoms with E-state index in [0.717, 1.165) is 24.0 Å². The number of carbonyl (C=O) groups excluding carboxylic acids is 3. The minimum Gasteiger partial charge on any atom is -0.348 e. The van der Waals surface area contributed by atoms with Crippen molar-refractivity contribution in [1.29, 1.82) is 0 Å². The maximum absolute atomic E-state index is 12.4. The van der Waals surface area contributed by atoms with Crippen LogP contribution in [-0.4, -0.2) is 47.2 Å². The van der Waals surface area contributed by atoms with E-state index in [1.807, 2.05) is 30.9 Å². The van der Waals surface area contributed by atoms with Crippen LogP contribution in [0.1, 0.15) is 34.3 Å². The highest BCUT2D eigenvalue weighted by Gasteiger charge is 2.25. The van der Waals surface area contributed by atoms with Gasteiger partial charge < -0.3 is 15.5 Å². The van der Waals surface area contributed by atoms with E-state index in [1.165, 1.54) is 0 Å². The fraction of sp³-hybridized carbons (Fsp3) is 0.364. The molecule has 0 saturated carbocycles. The topological polar surface area (TPSA) is 91.4 Å². The van der Waals surface area contributed by atoms with Gasteiger partial charge >= 0.3 is 11.8 Å². The first kappa shape index (κ1) is 20.5. The van der Waals surface area contributed by atoms with Gasteiger partial charge in [-0.1, -0.05) is 17.7 Å². The van der Waals surface area contributed by atoms with Crippen LogP contribution in [0.15, 0.2) is 42.7 Å². The number of anilines is 1. The second-order valence-electron chi connectivity index (χ2n) is 7.46. The number of piperidine rings is 1. The Labute approximate surface area is 170 Å². The Bertz CT molecular complexity index is 890. The first-order chi connectivity index (χ1) is 13.9. The van der Waals surface area contributed by atoms with Crippen LogP contribution in [0.3, 0.4) is 0 Å². The molecule has 7 heteroatoms. The van der Waals surface area contributed by atoms with Gasteiger partial charge in [-0.15, -0.1) is 0 Å². The van der Waals surface area contributed by atoms with Gasteiger partial charge in [0.05, 0.1) is 5.56 Å². The average molecular weight is 394 g/mol. The molecular weight excluding hydrogens is 368 g/mol. The van der Waals surface area contributed by atoms with Crippen molar-refractivity contribution < 1.29 is 14.4 Å². The number of rotatable bonds is 4. The maximum Gasteiger partial charge on any atom is 0.313 e. The van der Waals surface area contributed by atoms with E-state index in [9.17, 15) is 14.4 Å². The van der Waals surface area contributed by atoms with Crippen LogP contribution in [0.25, 0.3) is 0 Å². The van der Waals surface area contributed by atoms with E-state index in [-0.39, 0.29) is 11.8 Å². The Morgan fingerprint density at radius 2 is 1.86 bits per heavy atom. The second kappa shape index (κ2) is 9.32. The molecule has 1 saturated heterocycles. The largest absolute Gasteiger partial charge is 0.348 e. The van der Waals surface area contributed by atoms with Crippen LogP contribution >= 0.6 is 0 Å². The number of benzene rings is 1. The van der Waals surface area contributed by atoms with Crippen LogP contribution < -0.4 is 10.6 Å². The molecule has 0 bridgehead atoms. The van der Waals surface area contributed by atoms with E-state index in [4.69, 9.17) is 0 Å². The number of nitrogens with zero attached hydrogens (tertiary/aromatic N) is 2. The standard InChI is InChI=1S/C22H26N4O3/c1-15-5-6-19(16(2)12-15)25-21(28)20(27)24-13-17-7-10-26(11-8-17)22(29)18-4-3-9-23-14-18/h3-6,9,12,14,17H,7-8,10-11,13H2,1-2H3,(H,24,27)(H,25,28).